The summed E-state index contributed by atoms with van der Waals surface area (Å²) in [6.45, 7) is 0.780. The highest BCUT2D eigenvalue weighted by Gasteiger charge is 2.23. The van der Waals surface area contributed by atoms with Crippen molar-refractivity contribution >= 4 is 28.9 Å². The van der Waals surface area contributed by atoms with Gasteiger partial charge in [0.1, 0.15) is 0 Å². The highest BCUT2D eigenvalue weighted by molar-refractivity contribution is 6.36. The third-order valence-electron chi connectivity index (χ3n) is 3.41. The molecule has 0 atom stereocenters. The number of nitrogens with one attached hydrogen (secondary N) is 1. The Kier molecular flexibility index (Phi) is 3.67. The van der Waals surface area contributed by atoms with Crippen molar-refractivity contribution in [3.63, 3.8) is 0 Å². The lowest BCUT2D eigenvalue weighted by atomic mass is 10.1. The van der Waals surface area contributed by atoms with E-state index >= 15 is 0 Å². The first-order valence-corrected chi connectivity index (χ1v) is 7.26. The summed E-state index contributed by atoms with van der Waals surface area (Å²) in [5.41, 5.74) is 3.67. The maximum Gasteiger partial charge on any atom is 0.0652 e. The van der Waals surface area contributed by atoms with Gasteiger partial charge < -0.3 is 5.32 Å². The lowest BCUT2D eigenvalue weighted by Crippen LogP contribution is -2.00. The molecule has 98 valence electrons. The van der Waals surface area contributed by atoms with E-state index in [2.05, 4.69) is 29.6 Å². The first kappa shape index (κ1) is 12.8. The smallest absolute Gasteiger partial charge is 0.0652 e. The van der Waals surface area contributed by atoms with Crippen molar-refractivity contribution in [3.8, 4) is 0 Å². The summed E-state index contributed by atoms with van der Waals surface area (Å²) < 4.78 is 0. The molecule has 1 aliphatic carbocycles. The van der Waals surface area contributed by atoms with E-state index in [1.807, 2.05) is 12.1 Å². The van der Waals surface area contributed by atoms with E-state index in [1.165, 1.54) is 24.0 Å². The fourth-order valence-electron chi connectivity index (χ4n) is 2.20. The molecule has 1 nitrogen and oxygen atoms in total. The fourth-order valence-corrected chi connectivity index (χ4v) is 2.68. The summed E-state index contributed by atoms with van der Waals surface area (Å²) in [7, 11) is 0. The van der Waals surface area contributed by atoms with Gasteiger partial charge in [-0.3, -0.25) is 0 Å². The lowest BCUT2D eigenvalue weighted by Gasteiger charge is -2.10. The Bertz CT molecular complexity index is 591. The predicted molar refractivity (Wildman–Crippen MR) is 82.2 cm³/mol. The van der Waals surface area contributed by atoms with E-state index in [0.717, 1.165) is 18.2 Å². The van der Waals surface area contributed by atoms with Crippen LogP contribution in [0.4, 0.5) is 5.69 Å². The molecule has 2 aromatic rings. The van der Waals surface area contributed by atoms with Gasteiger partial charge in [0, 0.05) is 11.6 Å². The van der Waals surface area contributed by atoms with Crippen molar-refractivity contribution in [2.75, 3.05) is 5.32 Å². The summed E-state index contributed by atoms with van der Waals surface area (Å²) in [5.74, 6) is 0.791. The number of halogens is 2. The van der Waals surface area contributed by atoms with Gasteiger partial charge in [0.05, 0.1) is 10.7 Å². The summed E-state index contributed by atoms with van der Waals surface area (Å²) in [5, 5.41) is 4.67. The molecule has 19 heavy (non-hydrogen) atoms. The van der Waals surface area contributed by atoms with Gasteiger partial charge in [-0.15, -0.1) is 0 Å². The summed E-state index contributed by atoms with van der Waals surface area (Å²) in [4.78, 5) is 0. The minimum Gasteiger partial charge on any atom is -0.380 e. The number of rotatable bonds is 4. The summed E-state index contributed by atoms with van der Waals surface area (Å²) in [6, 6.07) is 14.3. The van der Waals surface area contributed by atoms with Crippen LogP contribution in [0.25, 0.3) is 0 Å². The molecule has 0 bridgehead atoms. The van der Waals surface area contributed by atoms with E-state index < -0.39 is 0 Å². The summed E-state index contributed by atoms with van der Waals surface area (Å²) in [6.07, 6.45) is 2.67. The molecule has 0 unspecified atom stereocenters. The largest absolute Gasteiger partial charge is 0.380 e. The van der Waals surface area contributed by atoms with Crippen LogP contribution in [0.1, 0.15) is 29.9 Å². The maximum atomic E-state index is 6.14. The molecule has 0 heterocycles. The van der Waals surface area contributed by atoms with Crippen LogP contribution in [0.5, 0.6) is 0 Å². The Morgan fingerprint density at radius 3 is 2.63 bits per heavy atom. The molecule has 1 aliphatic rings. The molecule has 0 aliphatic heterocycles. The molecule has 1 N–H and O–H groups in total. The van der Waals surface area contributed by atoms with Crippen LogP contribution in [0.3, 0.4) is 0 Å². The molecule has 0 aromatic heterocycles. The van der Waals surface area contributed by atoms with Crippen molar-refractivity contribution in [2.24, 2.45) is 0 Å². The van der Waals surface area contributed by atoms with E-state index in [0.29, 0.717) is 10.0 Å². The van der Waals surface area contributed by atoms with Crippen LogP contribution < -0.4 is 5.32 Å². The standard InChI is InChI=1S/C16H15Cl2N/c17-14-6-7-16(15(18)9-14)19-10-11-2-1-3-13(8-11)12-4-5-12/h1-3,6-9,12,19H,4-5,10H2. The minimum atomic E-state index is 0.658. The van der Waals surface area contributed by atoms with Crippen molar-refractivity contribution in [2.45, 2.75) is 25.3 Å². The Hall–Kier alpha value is -1.18. The van der Waals surface area contributed by atoms with Gasteiger partial charge in [0.2, 0.25) is 0 Å². The van der Waals surface area contributed by atoms with Crippen molar-refractivity contribution in [1.82, 2.24) is 0 Å². The average molecular weight is 292 g/mol. The molecule has 3 heteroatoms. The molecule has 3 rings (SSSR count). The first-order valence-electron chi connectivity index (χ1n) is 6.50. The molecule has 1 fully saturated rings. The van der Waals surface area contributed by atoms with E-state index in [1.54, 1.807) is 6.07 Å². The van der Waals surface area contributed by atoms with Gasteiger partial charge in [0.25, 0.3) is 0 Å². The number of hydrogen-bond donors (Lipinski definition) is 1. The van der Waals surface area contributed by atoms with Crippen molar-refractivity contribution in [3.05, 3.63) is 63.6 Å². The molecule has 1 saturated carbocycles. The van der Waals surface area contributed by atoms with Crippen LogP contribution in [0.2, 0.25) is 10.0 Å². The average Bonchev–Trinajstić information content (AvgIpc) is 3.22. The van der Waals surface area contributed by atoms with E-state index in [9.17, 15) is 0 Å². The zero-order valence-corrected chi connectivity index (χ0v) is 12.0. The summed E-state index contributed by atoms with van der Waals surface area (Å²) >= 11 is 12.0. The molecular formula is C16H15Cl2N. The Morgan fingerprint density at radius 2 is 1.89 bits per heavy atom. The number of hydrogen-bond acceptors (Lipinski definition) is 1. The number of anilines is 1. The second kappa shape index (κ2) is 5.44. The zero-order chi connectivity index (χ0) is 13.2. The number of benzene rings is 2. The fraction of sp³-hybridized carbons (Fsp3) is 0.250. The highest BCUT2D eigenvalue weighted by Crippen LogP contribution is 2.40. The maximum absolute atomic E-state index is 6.14. The van der Waals surface area contributed by atoms with Crippen LogP contribution in [-0.4, -0.2) is 0 Å². The molecule has 0 saturated heterocycles. The van der Waals surface area contributed by atoms with Crippen molar-refractivity contribution < 1.29 is 0 Å². The quantitative estimate of drug-likeness (QED) is 0.786. The molecular weight excluding hydrogens is 277 g/mol. The van der Waals surface area contributed by atoms with Crippen LogP contribution in [0.15, 0.2) is 42.5 Å². The van der Waals surface area contributed by atoms with Gasteiger partial charge in [0.15, 0.2) is 0 Å². The third-order valence-corrected chi connectivity index (χ3v) is 3.96. The Labute approximate surface area is 123 Å². The zero-order valence-electron chi connectivity index (χ0n) is 10.5. The van der Waals surface area contributed by atoms with Crippen molar-refractivity contribution in [1.29, 1.82) is 0 Å². The SMILES string of the molecule is Clc1ccc(NCc2cccc(C3CC3)c2)c(Cl)c1. The minimum absolute atomic E-state index is 0.658. The highest BCUT2D eigenvalue weighted by atomic mass is 35.5. The second-order valence-corrected chi connectivity index (χ2v) is 5.84. The monoisotopic (exact) mass is 291 g/mol. The van der Waals surface area contributed by atoms with Gasteiger partial charge in [-0.25, -0.2) is 0 Å². The molecule has 2 aromatic carbocycles. The van der Waals surface area contributed by atoms with Crippen LogP contribution in [0, 0.1) is 0 Å². The van der Waals surface area contributed by atoms with Gasteiger partial charge in [-0.1, -0.05) is 47.5 Å². The van der Waals surface area contributed by atoms with Crippen LogP contribution in [-0.2, 0) is 6.54 Å². The Balaban J connectivity index is 1.69. The first-order chi connectivity index (χ1) is 9.22. The molecule has 0 spiro atoms. The lowest BCUT2D eigenvalue weighted by molar-refractivity contribution is 1.09. The normalized spacial score (nSPS) is 14.4. The third kappa shape index (κ3) is 3.23. The van der Waals surface area contributed by atoms with Gasteiger partial charge in [-0.2, -0.15) is 0 Å². The predicted octanol–water partition coefficient (Wildman–Crippen LogP) is 5.48. The Morgan fingerprint density at radius 1 is 1.05 bits per heavy atom. The second-order valence-electron chi connectivity index (χ2n) is 5.00. The molecule has 0 amide bonds. The topological polar surface area (TPSA) is 12.0 Å². The van der Waals surface area contributed by atoms with E-state index in [4.69, 9.17) is 23.2 Å². The van der Waals surface area contributed by atoms with Crippen LogP contribution >= 0.6 is 23.2 Å². The van der Waals surface area contributed by atoms with Gasteiger partial charge in [-0.05, 0) is 48.1 Å². The van der Waals surface area contributed by atoms with E-state index in [-0.39, 0.29) is 0 Å². The molecule has 0 radical (unpaired) electrons. The van der Waals surface area contributed by atoms with Gasteiger partial charge >= 0.3 is 0 Å².